The van der Waals surface area contributed by atoms with Gasteiger partial charge in [-0.2, -0.15) is 0 Å². The fraction of sp³-hybridized carbons (Fsp3) is 0.350. The number of carbonyl (C=O) groups is 2. The van der Waals surface area contributed by atoms with Crippen LogP contribution in [-0.4, -0.2) is 47.9 Å². The molecule has 2 heterocycles. The number of hydrogen-bond donors (Lipinski definition) is 1. The van der Waals surface area contributed by atoms with Crippen LogP contribution in [0.25, 0.3) is 0 Å². The normalized spacial score (nSPS) is 15.3. The Morgan fingerprint density at radius 1 is 1.07 bits per heavy atom. The van der Waals surface area contributed by atoms with Crippen LogP contribution in [0.4, 0.5) is 5.69 Å². The van der Waals surface area contributed by atoms with Crippen LogP contribution in [0.5, 0.6) is 0 Å². The van der Waals surface area contributed by atoms with Crippen LogP contribution in [0, 0.1) is 0 Å². The Balaban J connectivity index is 1.61. The highest BCUT2D eigenvalue weighted by molar-refractivity contribution is 6.30. The largest absolute Gasteiger partial charge is 0.368 e. The highest BCUT2D eigenvalue weighted by Gasteiger charge is 2.25. The first kappa shape index (κ1) is 19.2. The molecule has 1 aliphatic rings. The predicted octanol–water partition coefficient (Wildman–Crippen LogP) is 2.65. The summed E-state index contributed by atoms with van der Waals surface area (Å²) < 4.78 is 0. The second-order valence-corrected chi connectivity index (χ2v) is 7.02. The van der Waals surface area contributed by atoms with Crippen molar-refractivity contribution in [1.29, 1.82) is 0 Å². The quantitative estimate of drug-likeness (QED) is 0.857. The number of anilines is 1. The fourth-order valence-electron chi connectivity index (χ4n) is 3.27. The molecule has 1 aromatic heterocycles. The van der Waals surface area contributed by atoms with Gasteiger partial charge in [0, 0.05) is 56.2 Å². The molecule has 1 fully saturated rings. The number of rotatable bonds is 5. The molecule has 1 atom stereocenters. The number of nitrogens with zero attached hydrogens (tertiary/aromatic N) is 3. The van der Waals surface area contributed by atoms with Crippen LogP contribution in [0.3, 0.4) is 0 Å². The molecule has 0 aliphatic carbocycles. The van der Waals surface area contributed by atoms with E-state index in [4.69, 9.17) is 11.6 Å². The molecule has 1 saturated heterocycles. The summed E-state index contributed by atoms with van der Waals surface area (Å²) in [6, 6.07) is 10.8. The molecule has 2 aromatic rings. The third kappa shape index (κ3) is 5.20. The lowest BCUT2D eigenvalue weighted by Crippen LogP contribution is -2.49. The standard InChI is InChI=1S/C20H23ClN4O2/c1-15(26)23-19(16-2-4-17(21)5-3-16)14-20(27)25-12-10-24(11-13-25)18-6-8-22-9-7-18/h2-9,19H,10-14H2,1H3,(H,23,26). The van der Waals surface area contributed by atoms with Crippen LogP contribution in [-0.2, 0) is 9.59 Å². The number of nitrogens with one attached hydrogen (secondary N) is 1. The Morgan fingerprint density at radius 2 is 1.70 bits per heavy atom. The summed E-state index contributed by atoms with van der Waals surface area (Å²) in [5, 5.41) is 3.50. The molecule has 142 valence electrons. The number of amides is 2. The van der Waals surface area contributed by atoms with E-state index in [1.807, 2.05) is 29.2 Å². The molecule has 6 nitrogen and oxygen atoms in total. The maximum Gasteiger partial charge on any atom is 0.225 e. The van der Waals surface area contributed by atoms with E-state index < -0.39 is 0 Å². The Labute approximate surface area is 164 Å². The van der Waals surface area contributed by atoms with Crippen molar-refractivity contribution < 1.29 is 9.59 Å². The van der Waals surface area contributed by atoms with Gasteiger partial charge in [-0.3, -0.25) is 14.6 Å². The molecule has 3 rings (SSSR count). The van der Waals surface area contributed by atoms with Crippen molar-refractivity contribution >= 4 is 29.1 Å². The molecule has 0 saturated carbocycles. The zero-order chi connectivity index (χ0) is 19.2. The molecular formula is C20H23ClN4O2. The summed E-state index contributed by atoms with van der Waals surface area (Å²) in [7, 11) is 0. The SMILES string of the molecule is CC(=O)NC(CC(=O)N1CCN(c2ccncc2)CC1)c1ccc(Cl)cc1. The molecule has 0 spiro atoms. The van der Waals surface area contributed by atoms with Gasteiger partial charge in [0.15, 0.2) is 0 Å². The van der Waals surface area contributed by atoms with Crippen LogP contribution in [0.15, 0.2) is 48.8 Å². The van der Waals surface area contributed by atoms with Crippen molar-refractivity contribution in [2.24, 2.45) is 0 Å². The number of piperazine rings is 1. The lowest BCUT2D eigenvalue weighted by Gasteiger charge is -2.36. The van der Waals surface area contributed by atoms with Gasteiger partial charge >= 0.3 is 0 Å². The first-order valence-corrected chi connectivity index (χ1v) is 9.36. The average Bonchev–Trinajstić information content (AvgIpc) is 2.68. The second kappa shape index (κ2) is 8.86. The summed E-state index contributed by atoms with van der Waals surface area (Å²) >= 11 is 5.94. The summed E-state index contributed by atoms with van der Waals surface area (Å²) in [5.74, 6) is -0.122. The monoisotopic (exact) mass is 386 g/mol. The Hall–Kier alpha value is -2.60. The van der Waals surface area contributed by atoms with E-state index >= 15 is 0 Å². The van der Waals surface area contributed by atoms with E-state index in [0.717, 1.165) is 24.3 Å². The molecule has 1 unspecified atom stereocenters. The van der Waals surface area contributed by atoms with Crippen molar-refractivity contribution in [1.82, 2.24) is 15.2 Å². The van der Waals surface area contributed by atoms with Crippen molar-refractivity contribution in [2.75, 3.05) is 31.1 Å². The highest BCUT2D eigenvalue weighted by atomic mass is 35.5. The predicted molar refractivity (Wildman–Crippen MR) is 106 cm³/mol. The lowest BCUT2D eigenvalue weighted by molar-refractivity contribution is -0.132. The maximum absolute atomic E-state index is 12.8. The molecule has 27 heavy (non-hydrogen) atoms. The van der Waals surface area contributed by atoms with E-state index in [9.17, 15) is 9.59 Å². The first-order valence-electron chi connectivity index (χ1n) is 8.98. The second-order valence-electron chi connectivity index (χ2n) is 6.58. The van der Waals surface area contributed by atoms with Crippen molar-refractivity contribution in [3.8, 4) is 0 Å². The van der Waals surface area contributed by atoms with Crippen molar-refractivity contribution in [3.05, 3.63) is 59.4 Å². The molecule has 1 N–H and O–H groups in total. The number of benzene rings is 1. The van der Waals surface area contributed by atoms with E-state index in [1.165, 1.54) is 6.92 Å². The summed E-state index contributed by atoms with van der Waals surface area (Å²) in [4.78, 5) is 32.5. The van der Waals surface area contributed by atoms with E-state index in [0.29, 0.717) is 18.1 Å². The molecule has 1 aromatic carbocycles. The van der Waals surface area contributed by atoms with Gasteiger partial charge in [0.05, 0.1) is 12.5 Å². The minimum atomic E-state index is -0.356. The van der Waals surface area contributed by atoms with Crippen molar-refractivity contribution in [3.63, 3.8) is 0 Å². The third-order valence-electron chi connectivity index (χ3n) is 4.69. The summed E-state index contributed by atoms with van der Waals surface area (Å²) in [5.41, 5.74) is 1.99. The van der Waals surface area contributed by atoms with Gasteiger partial charge in [-0.1, -0.05) is 23.7 Å². The number of carbonyl (C=O) groups excluding carboxylic acids is 2. The lowest BCUT2D eigenvalue weighted by atomic mass is 10.0. The molecule has 1 aliphatic heterocycles. The highest BCUT2D eigenvalue weighted by Crippen LogP contribution is 2.22. The van der Waals surface area contributed by atoms with Gasteiger partial charge in [0.2, 0.25) is 11.8 Å². The molecular weight excluding hydrogens is 364 g/mol. The first-order chi connectivity index (χ1) is 13.0. The summed E-state index contributed by atoms with van der Waals surface area (Å²) in [6.07, 6.45) is 3.78. The van der Waals surface area contributed by atoms with Gasteiger partial charge in [-0.15, -0.1) is 0 Å². The zero-order valence-electron chi connectivity index (χ0n) is 15.3. The van der Waals surface area contributed by atoms with Gasteiger partial charge < -0.3 is 15.1 Å². The Kier molecular flexibility index (Phi) is 6.29. The molecule has 2 amide bonds. The van der Waals surface area contributed by atoms with E-state index in [1.54, 1.807) is 24.5 Å². The Bertz CT molecular complexity index is 774. The van der Waals surface area contributed by atoms with Gasteiger partial charge in [-0.25, -0.2) is 0 Å². The van der Waals surface area contributed by atoms with Gasteiger partial charge in [0.25, 0.3) is 0 Å². The topological polar surface area (TPSA) is 65.5 Å². The number of pyridine rings is 1. The maximum atomic E-state index is 12.8. The minimum Gasteiger partial charge on any atom is -0.368 e. The zero-order valence-corrected chi connectivity index (χ0v) is 16.0. The average molecular weight is 387 g/mol. The molecule has 7 heteroatoms. The fourth-order valence-corrected chi connectivity index (χ4v) is 3.39. The number of hydrogen-bond acceptors (Lipinski definition) is 4. The number of aromatic nitrogens is 1. The van der Waals surface area contributed by atoms with Crippen LogP contribution < -0.4 is 10.2 Å². The summed E-state index contributed by atoms with van der Waals surface area (Å²) in [6.45, 7) is 4.34. The van der Waals surface area contributed by atoms with Crippen LogP contribution in [0.2, 0.25) is 5.02 Å². The van der Waals surface area contributed by atoms with E-state index in [2.05, 4.69) is 15.2 Å². The number of halogens is 1. The Morgan fingerprint density at radius 3 is 2.30 bits per heavy atom. The smallest absolute Gasteiger partial charge is 0.225 e. The van der Waals surface area contributed by atoms with E-state index in [-0.39, 0.29) is 24.3 Å². The van der Waals surface area contributed by atoms with Crippen LogP contribution in [0.1, 0.15) is 24.9 Å². The van der Waals surface area contributed by atoms with Gasteiger partial charge in [0.1, 0.15) is 0 Å². The minimum absolute atomic E-state index is 0.0399. The third-order valence-corrected chi connectivity index (χ3v) is 4.94. The molecule has 0 radical (unpaired) electrons. The van der Waals surface area contributed by atoms with Gasteiger partial charge in [-0.05, 0) is 29.8 Å². The van der Waals surface area contributed by atoms with Crippen molar-refractivity contribution in [2.45, 2.75) is 19.4 Å². The molecule has 0 bridgehead atoms. The van der Waals surface area contributed by atoms with Crippen LogP contribution >= 0.6 is 11.6 Å².